The number of hydrogen-bond donors (Lipinski definition) is 2. The van der Waals surface area contributed by atoms with E-state index in [-0.39, 0.29) is 23.6 Å². The lowest BCUT2D eigenvalue weighted by Crippen LogP contribution is -2.37. The summed E-state index contributed by atoms with van der Waals surface area (Å²) in [6.07, 6.45) is 5.69. The van der Waals surface area contributed by atoms with Gasteiger partial charge in [-0.15, -0.1) is 10.2 Å². The highest BCUT2D eigenvalue weighted by Crippen LogP contribution is 2.39. The van der Waals surface area contributed by atoms with Crippen LogP contribution in [0.3, 0.4) is 0 Å². The van der Waals surface area contributed by atoms with Gasteiger partial charge in [-0.2, -0.15) is 0 Å². The number of carbonyl (C=O) groups excluding carboxylic acids is 2. The first-order valence-corrected chi connectivity index (χ1v) is 13.5. The van der Waals surface area contributed by atoms with E-state index in [0.717, 1.165) is 12.8 Å². The molecule has 1 aromatic heterocycles. The van der Waals surface area contributed by atoms with E-state index in [1.54, 1.807) is 12.1 Å². The molecule has 0 unspecified atom stereocenters. The number of rotatable bonds is 12. The predicted octanol–water partition coefficient (Wildman–Crippen LogP) is 4.53. The largest absolute Gasteiger partial charge is 0.490 e. The molecule has 3 rings (SSSR count). The first-order valence-electron chi connectivity index (χ1n) is 11.7. The number of benzene rings is 1. The number of aromatic nitrogens is 2. The Bertz CT molecular complexity index is 936. The van der Waals surface area contributed by atoms with Crippen LogP contribution in [0, 0.1) is 0 Å². The molecule has 1 aromatic carbocycles. The van der Waals surface area contributed by atoms with Crippen LogP contribution in [-0.4, -0.2) is 53.6 Å². The molecule has 0 saturated heterocycles. The van der Waals surface area contributed by atoms with Crippen molar-refractivity contribution in [2.45, 2.75) is 63.3 Å². The van der Waals surface area contributed by atoms with Gasteiger partial charge >= 0.3 is 0 Å². The molecule has 2 aromatic rings. The smallest absolute Gasteiger partial charge is 0.257 e. The van der Waals surface area contributed by atoms with E-state index >= 15 is 0 Å². The SMILES string of the molecule is CCOc1cc(C(=O)Nc2nnc(SCC(=O)NC3CCCCC3)s2)cc(OCC)c1OCC. The molecule has 0 bridgehead atoms. The average Bonchev–Trinajstić information content (AvgIpc) is 3.28. The van der Waals surface area contributed by atoms with Crippen molar-refractivity contribution in [3.63, 3.8) is 0 Å². The molecular weight excluding hydrogens is 476 g/mol. The van der Waals surface area contributed by atoms with E-state index < -0.39 is 0 Å². The predicted molar refractivity (Wildman–Crippen MR) is 134 cm³/mol. The summed E-state index contributed by atoms with van der Waals surface area (Å²) in [6.45, 7) is 6.87. The first kappa shape index (κ1) is 26.1. The summed E-state index contributed by atoms with van der Waals surface area (Å²) in [7, 11) is 0. The van der Waals surface area contributed by atoms with Gasteiger partial charge in [0.05, 0.1) is 25.6 Å². The number of amides is 2. The standard InChI is InChI=1S/C23H32N4O5S2/c1-4-30-17-12-15(13-18(31-5-2)20(17)32-6-3)21(29)25-22-26-27-23(34-22)33-14-19(28)24-16-10-8-7-9-11-16/h12-13,16H,4-11,14H2,1-3H3,(H,24,28)(H,25,26,29). The Morgan fingerprint density at radius 3 is 2.26 bits per heavy atom. The fourth-order valence-corrected chi connectivity index (χ4v) is 5.21. The molecular formula is C23H32N4O5S2. The summed E-state index contributed by atoms with van der Waals surface area (Å²) in [6, 6.07) is 3.53. The van der Waals surface area contributed by atoms with E-state index in [1.165, 1.54) is 42.4 Å². The van der Waals surface area contributed by atoms with Gasteiger partial charge < -0.3 is 19.5 Å². The molecule has 0 radical (unpaired) electrons. The second kappa shape index (κ2) is 13.4. The van der Waals surface area contributed by atoms with Crippen molar-refractivity contribution in [1.29, 1.82) is 0 Å². The number of anilines is 1. The highest BCUT2D eigenvalue weighted by molar-refractivity contribution is 8.01. The lowest BCUT2D eigenvalue weighted by atomic mass is 9.95. The van der Waals surface area contributed by atoms with Crippen molar-refractivity contribution >= 4 is 40.0 Å². The van der Waals surface area contributed by atoms with E-state index in [9.17, 15) is 9.59 Å². The van der Waals surface area contributed by atoms with Crippen molar-refractivity contribution in [2.75, 3.05) is 30.9 Å². The quantitative estimate of drug-likeness (QED) is 0.318. The molecule has 2 N–H and O–H groups in total. The number of hydrogen-bond acceptors (Lipinski definition) is 9. The van der Waals surface area contributed by atoms with Crippen LogP contribution in [0.4, 0.5) is 5.13 Å². The molecule has 0 atom stereocenters. The van der Waals surface area contributed by atoms with Gasteiger partial charge in [-0.1, -0.05) is 42.4 Å². The minimum Gasteiger partial charge on any atom is -0.490 e. The van der Waals surface area contributed by atoms with Gasteiger partial charge in [0.2, 0.25) is 16.8 Å². The van der Waals surface area contributed by atoms with E-state index in [1.807, 2.05) is 20.8 Å². The second-order valence-corrected chi connectivity index (χ2v) is 9.82. The maximum absolute atomic E-state index is 12.9. The number of carbonyl (C=O) groups is 2. The minimum atomic E-state index is -0.368. The van der Waals surface area contributed by atoms with Crippen LogP contribution in [0.5, 0.6) is 17.2 Å². The van der Waals surface area contributed by atoms with Crippen molar-refractivity contribution in [2.24, 2.45) is 0 Å². The summed E-state index contributed by atoms with van der Waals surface area (Å²) in [5, 5.41) is 14.3. The molecule has 186 valence electrons. The van der Waals surface area contributed by atoms with Gasteiger partial charge in [0.15, 0.2) is 15.8 Å². The molecule has 11 heteroatoms. The molecule has 1 saturated carbocycles. The molecule has 9 nitrogen and oxygen atoms in total. The highest BCUT2D eigenvalue weighted by atomic mass is 32.2. The lowest BCUT2D eigenvalue weighted by molar-refractivity contribution is -0.119. The van der Waals surface area contributed by atoms with Gasteiger partial charge in [-0.05, 0) is 45.7 Å². The maximum Gasteiger partial charge on any atom is 0.257 e. The van der Waals surface area contributed by atoms with E-state index in [4.69, 9.17) is 14.2 Å². The number of ether oxygens (including phenoxy) is 3. The Kier molecular flexibility index (Phi) is 10.3. The summed E-state index contributed by atoms with van der Waals surface area (Å²) in [5.41, 5.74) is 0.353. The Hall–Kier alpha value is -2.53. The number of nitrogens with one attached hydrogen (secondary N) is 2. The van der Waals surface area contributed by atoms with E-state index in [2.05, 4.69) is 20.8 Å². The summed E-state index contributed by atoms with van der Waals surface area (Å²) in [4.78, 5) is 25.1. The zero-order chi connectivity index (χ0) is 24.3. The third-order valence-corrected chi connectivity index (χ3v) is 7.07. The average molecular weight is 509 g/mol. The minimum absolute atomic E-state index is 0.000944. The fraction of sp³-hybridized carbons (Fsp3) is 0.565. The fourth-order valence-electron chi connectivity index (χ4n) is 3.65. The molecule has 1 aliphatic rings. The third kappa shape index (κ3) is 7.49. The highest BCUT2D eigenvalue weighted by Gasteiger charge is 2.20. The zero-order valence-electron chi connectivity index (χ0n) is 19.8. The van der Waals surface area contributed by atoms with Gasteiger partial charge in [-0.25, -0.2) is 0 Å². The van der Waals surface area contributed by atoms with Crippen molar-refractivity contribution in [3.8, 4) is 17.2 Å². The molecule has 0 aliphatic heterocycles. The molecule has 1 heterocycles. The molecule has 0 spiro atoms. The van der Waals surface area contributed by atoms with Gasteiger partial charge in [0, 0.05) is 11.6 Å². The van der Waals surface area contributed by atoms with E-state index in [0.29, 0.717) is 52.1 Å². The summed E-state index contributed by atoms with van der Waals surface area (Å²) in [5.74, 6) is 1.26. The Morgan fingerprint density at radius 2 is 1.65 bits per heavy atom. The van der Waals surface area contributed by atoms with Gasteiger partial charge in [-0.3, -0.25) is 14.9 Å². The van der Waals surface area contributed by atoms with Crippen molar-refractivity contribution < 1.29 is 23.8 Å². The van der Waals surface area contributed by atoms with Crippen molar-refractivity contribution in [1.82, 2.24) is 15.5 Å². The van der Waals surface area contributed by atoms with Crippen LogP contribution in [0.25, 0.3) is 0 Å². The van der Waals surface area contributed by atoms with Crippen LogP contribution < -0.4 is 24.8 Å². The normalized spacial score (nSPS) is 13.9. The van der Waals surface area contributed by atoms with Crippen LogP contribution in [0.1, 0.15) is 63.2 Å². The summed E-state index contributed by atoms with van der Waals surface area (Å²) >= 11 is 2.54. The Balaban J connectivity index is 1.61. The maximum atomic E-state index is 12.9. The zero-order valence-corrected chi connectivity index (χ0v) is 21.5. The third-order valence-electron chi connectivity index (χ3n) is 5.10. The van der Waals surface area contributed by atoms with Crippen LogP contribution in [0.15, 0.2) is 16.5 Å². The molecule has 1 fully saturated rings. The Morgan fingerprint density at radius 1 is 1.00 bits per heavy atom. The molecule has 2 amide bonds. The first-order chi connectivity index (χ1) is 16.5. The monoisotopic (exact) mass is 508 g/mol. The van der Waals surface area contributed by atoms with Crippen LogP contribution >= 0.6 is 23.1 Å². The summed E-state index contributed by atoms with van der Waals surface area (Å²) < 4.78 is 17.7. The van der Waals surface area contributed by atoms with Crippen LogP contribution in [0.2, 0.25) is 0 Å². The van der Waals surface area contributed by atoms with Gasteiger partial charge in [0.1, 0.15) is 0 Å². The molecule has 1 aliphatic carbocycles. The Labute approximate surface area is 208 Å². The topological polar surface area (TPSA) is 112 Å². The molecule has 34 heavy (non-hydrogen) atoms. The number of nitrogens with zero attached hydrogens (tertiary/aromatic N) is 2. The lowest BCUT2D eigenvalue weighted by Gasteiger charge is -2.22. The van der Waals surface area contributed by atoms with Crippen molar-refractivity contribution in [3.05, 3.63) is 17.7 Å². The number of thioether (sulfide) groups is 1. The second-order valence-electron chi connectivity index (χ2n) is 7.62. The van der Waals surface area contributed by atoms with Gasteiger partial charge in [0.25, 0.3) is 5.91 Å². The van der Waals surface area contributed by atoms with Crippen LogP contribution in [-0.2, 0) is 4.79 Å².